The molecule has 12 heteroatoms. The van der Waals surface area contributed by atoms with Gasteiger partial charge >= 0.3 is 5.97 Å². The topological polar surface area (TPSA) is 142 Å². The lowest BCUT2D eigenvalue weighted by atomic mass is 9.70. The Balaban J connectivity index is 0.000000213. The summed E-state index contributed by atoms with van der Waals surface area (Å²) in [6.07, 6.45) is 27.4. The molecule has 9 aromatic rings. The van der Waals surface area contributed by atoms with Crippen molar-refractivity contribution in [3.63, 3.8) is 0 Å². The van der Waals surface area contributed by atoms with E-state index in [-0.39, 0.29) is 47.3 Å². The van der Waals surface area contributed by atoms with Crippen LogP contribution in [-0.2, 0) is 40.0 Å². The summed E-state index contributed by atoms with van der Waals surface area (Å²) >= 11 is 2.07. The van der Waals surface area contributed by atoms with Gasteiger partial charge in [0.15, 0.2) is 18.9 Å². The van der Waals surface area contributed by atoms with Crippen molar-refractivity contribution in [1.29, 1.82) is 0 Å². The number of ether oxygens (including phenoxy) is 7. The predicted molar refractivity (Wildman–Crippen MR) is 574 cm³/mol. The molecule has 3 aliphatic rings. The van der Waals surface area contributed by atoms with Gasteiger partial charge in [-0.15, -0.1) is 0 Å². The zero-order valence-corrected chi connectivity index (χ0v) is 88.9. The van der Waals surface area contributed by atoms with Gasteiger partial charge in [-0.25, -0.2) is 0 Å². The molecule has 12 atom stereocenters. The van der Waals surface area contributed by atoms with E-state index in [1.54, 1.807) is 0 Å². The smallest absolute Gasteiger partial charge is 0.309 e. The molecule has 0 heterocycles. The lowest BCUT2D eigenvalue weighted by molar-refractivity contribution is -0.154. The first kappa shape index (κ1) is 110. The average molecular weight is 1890 g/mol. The van der Waals surface area contributed by atoms with Gasteiger partial charge in [-0.05, 0) is 350 Å². The summed E-state index contributed by atoms with van der Waals surface area (Å²) in [6, 6.07) is 76.9. The molecule has 0 amide bonds. The number of hydrogen-bond donors (Lipinski definition) is 3. The molecule has 0 aliphatic heterocycles. The fourth-order valence-electron chi connectivity index (χ4n) is 21.0. The minimum absolute atomic E-state index is 0.0123. The summed E-state index contributed by atoms with van der Waals surface area (Å²) in [4.78, 5) is 12.6. The average Bonchev–Trinajstić information content (AvgIpc) is 0.830. The molecule has 0 bridgehead atoms. The standard InChI is InChI=1S/C45H64O5.C40H56O3S.C40H56O3/c1-10-33(30-38(36-15-23-41(46)24-16-36)29-31(2)34-11-19-39(20-12-34)44(4,5)6)35-17-25-42(26-18-35)50-32(3)48-27-28-49-43(47)37-13-21-40(22-14-37)45(7,8)9;1-7-31(33-17-23-38(24-18-33)43-30(3)42-25-26-44-39-11-9-8-10-12-39)28-35(34-15-21-37(41)22-16-34)27-29(2)32-13-19-36(20-14-32)40(4,5)6;1-7-32(34-17-23-39(24-18-34)43-30(3)42-26-25-31-11-9-8-10-12-31)28-36(35-15-21-38(41)22-16-35)27-29(2)33-13-19-37(20-14-33)40(4,5)6/h11-12,15-20,23-26,31-33,37-38,40,46H,10,13-14,21-22,27-30H2,1-9H3;13-24,29-31,35,39,41H,7-12,25-28H2,1-6H3;13-24,29-32,36,41H,7-12,25-28H2,1-6H3. The highest BCUT2D eigenvalue weighted by molar-refractivity contribution is 7.99. The molecule has 3 saturated carbocycles. The van der Waals surface area contributed by atoms with E-state index >= 15 is 0 Å². The lowest BCUT2D eigenvalue weighted by Gasteiger charge is -2.36. The molecular weight excluding hydrogens is 1710 g/mol. The number of thioether (sulfide) groups is 1. The number of rotatable bonds is 44. The first-order chi connectivity index (χ1) is 65.4. The summed E-state index contributed by atoms with van der Waals surface area (Å²) in [5.74, 6) is 9.51. The third-order valence-corrected chi connectivity index (χ3v) is 31.4. The predicted octanol–water partition coefficient (Wildman–Crippen LogP) is 34.3. The number of benzene rings is 9. The van der Waals surface area contributed by atoms with Gasteiger partial charge in [-0.1, -0.05) is 322 Å². The van der Waals surface area contributed by atoms with E-state index in [0.717, 1.165) is 137 Å². The van der Waals surface area contributed by atoms with Crippen molar-refractivity contribution in [2.45, 2.75) is 393 Å². The molecule has 3 aliphatic carbocycles. The fourth-order valence-corrected chi connectivity index (χ4v) is 22.1. The molecule has 3 fully saturated rings. The minimum atomic E-state index is -0.457. The van der Waals surface area contributed by atoms with Crippen molar-refractivity contribution >= 4 is 17.7 Å². The largest absolute Gasteiger partial charge is 0.508 e. The monoisotopic (exact) mass is 1890 g/mol. The van der Waals surface area contributed by atoms with Crippen molar-refractivity contribution < 1.29 is 53.3 Å². The van der Waals surface area contributed by atoms with Crippen LogP contribution in [0.25, 0.3) is 0 Å². The van der Waals surface area contributed by atoms with E-state index in [0.29, 0.717) is 88.4 Å². The van der Waals surface area contributed by atoms with E-state index < -0.39 is 6.29 Å². The van der Waals surface area contributed by atoms with Gasteiger partial charge in [0.1, 0.15) is 41.1 Å². The zero-order chi connectivity index (χ0) is 98.8. The molecule has 0 radical (unpaired) electrons. The molecule has 11 nitrogen and oxygen atoms in total. The van der Waals surface area contributed by atoms with Gasteiger partial charge in [-0.3, -0.25) is 4.79 Å². The Bertz CT molecular complexity index is 4850. The van der Waals surface area contributed by atoms with Crippen LogP contribution in [0.4, 0.5) is 0 Å². The normalized spacial score (nSPS) is 18.0. The van der Waals surface area contributed by atoms with Crippen molar-refractivity contribution in [2.75, 3.05) is 32.2 Å². The van der Waals surface area contributed by atoms with Crippen LogP contribution in [0.5, 0.6) is 34.5 Å². The Morgan fingerprint density at radius 1 is 0.321 bits per heavy atom. The number of carbonyl (C=O) groups excluding carboxylic acids is 1. The number of phenols is 3. The Labute approximate surface area is 833 Å². The molecule has 0 saturated heterocycles. The van der Waals surface area contributed by atoms with E-state index in [1.807, 2.05) is 69.3 Å². The Hall–Kier alpha value is -8.52. The number of phenolic OH excluding ortho intramolecular Hbond substituents is 3. The van der Waals surface area contributed by atoms with Gasteiger partial charge in [0.2, 0.25) is 0 Å². The highest BCUT2D eigenvalue weighted by atomic mass is 32.2. The van der Waals surface area contributed by atoms with Crippen LogP contribution in [0.3, 0.4) is 0 Å². The van der Waals surface area contributed by atoms with Gasteiger partial charge in [0, 0.05) is 11.0 Å². The van der Waals surface area contributed by atoms with Gasteiger partial charge in [-0.2, -0.15) is 11.8 Å². The van der Waals surface area contributed by atoms with Crippen molar-refractivity contribution in [3.8, 4) is 34.5 Å². The van der Waals surface area contributed by atoms with Crippen molar-refractivity contribution in [1.82, 2.24) is 0 Å². The molecular formula is C125H176O11S. The van der Waals surface area contributed by atoms with E-state index in [2.05, 4.69) is 306 Å². The second kappa shape index (κ2) is 54.5. The van der Waals surface area contributed by atoms with Crippen LogP contribution in [0.15, 0.2) is 218 Å². The Morgan fingerprint density at radius 2 is 0.606 bits per heavy atom. The maximum absolute atomic E-state index is 12.6. The summed E-state index contributed by atoms with van der Waals surface area (Å²) < 4.78 is 41.7. The molecule has 748 valence electrons. The summed E-state index contributed by atoms with van der Waals surface area (Å²) in [5, 5.41) is 30.8. The van der Waals surface area contributed by atoms with Crippen LogP contribution >= 0.6 is 11.8 Å². The van der Waals surface area contributed by atoms with Gasteiger partial charge in [0.05, 0.1) is 25.7 Å². The SMILES string of the molecule is CCC(CC(CC(C)c1ccc(C(C)(C)C)cc1)c1ccc(O)cc1)c1ccc(OC(C)OCCC2CCCCC2)cc1.CCC(CC(CC(C)c1ccc(C(C)(C)C)cc1)c1ccc(O)cc1)c1ccc(OC(C)OCCOC(=O)C2CCC(C(C)(C)C)CC2)cc1.CCC(CC(CC(C)c1ccc(C(C)(C)C)cc1)c1ccc(O)cc1)c1ccc(OC(C)OCCSC2CCCCC2)cc1. The van der Waals surface area contributed by atoms with Crippen molar-refractivity contribution in [3.05, 3.63) is 285 Å². The Kier molecular flexibility index (Phi) is 43.9. The number of carbonyl (C=O) groups is 1. The highest BCUT2D eigenvalue weighted by Crippen LogP contribution is 2.46. The fraction of sp³-hybridized carbons (Fsp3) is 0.560. The number of esters is 1. The van der Waals surface area contributed by atoms with Gasteiger partial charge in [0.25, 0.3) is 0 Å². The van der Waals surface area contributed by atoms with Crippen LogP contribution in [0.1, 0.15) is 420 Å². The van der Waals surface area contributed by atoms with Crippen LogP contribution in [-0.4, -0.2) is 77.6 Å². The number of hydrogen-bond acceptors (Lipinski definition) is 12. The first-order valence-corrected chi connectivity index (χ1v) is 54.0. The highest BCUT2D eigenvalue weighted by Gasteiger charge is 2.35. The van der Waals surface area contributed by atoms with E-state index in [1.165, 1.54) is 131 Å². The Morgan fingerprint density at radius 3 is 0.912 bits per heavy atom. The zero-order valence-electron chi connectivity index (χ0n) is 88.0. The minimum Gasteiger partial charge on any atom is -0.508 e. The van der Waals surface area contributed by atoms with E-state index in [4.69, 9.17) is 33.2 Å². The summed E-state index contributed by atoms with van der Waals surface area (Å²) in [6.45, 7) is 49.0. The number of aromatic hydroxyl groups is 3. The van der Waals surface area contributed by atoms with Crippen LogP contribution in [0.2, 0.25) is 0 Å². The molecule has 0 spiro atoms. The van der Waals surface area contributed by atoms with Gasteiger partial charge < -0.3 is 48.5 Å². The summed E-state index contributed by atoms with van der Waals surface area (Å²) in [7, 11) is 0. The second-order valence-corrected chi connectivity index (χ2v) is 46.2. The summed E-state index contributed by atoms with van der Waals surface area (Å²) in [5.41, 5.74) is 16.9. The lowest BCUT2D eigenvalue weighted by Crippen LogP contribution is -2.30. The third kappa shape index (κ3) is 36.8. The molecule has 12 rings (SSSR count). The van der Waals surface area contributed by atoms with E-state index in [9.17, 15) is 20.1 Å². The maximum atomic E-state index is 12.6. The van der Waals surface area contributed by atoms with Crippen molar-refractivity contribution in [2.24, 2.45) is 23.2 Å². The molecule has 0 aromatic heterocycles. The third-order valence-electron chi connectivity index (χ3n) is 30.1. The molecule has 12 unspecified atom stereocenters. The molecule has 3 N–H and O–H groups in total. The maximum Gasteiger partial charge on any atom is 0.309 e. The quantitative estimate of drug-likeness (QED) is 0.0190. The second-order valence-electron chi connectivity index (χ2n) is 44.8. The van der Waals surface area contributed by atoms with Crippen LogP contribution < -0.4 is 14.2 Å². The molecule has 9 aromatic carbocycles. The first-order valence-electron chi connectivity index (χ1n) is 53.0. The van der Waals surface area contributed by atoms with Crippen LogP contribution in [0, 0.1) is 23.2 Å². The molecule has 137 heavy (non-hydrogen) atoms.